The molecule has 0 heterocycles. The molecule has 1 aliphatic carbocycles. The number of rotatable bonds is 7. The molecule has 1 saturated carbocycles. The van der Waals surface area contributed by atoms with Crippen LogP contribution in [0.3, 0.4) is 0 Å². The number of aliphatic hydroxyl groups is 1. The normalized spacial score (nSPS) is 16.9. The fourth-order valence-electron chi connectivity index (χ4n) is 2.70. The first-order valence-corrected chi connectivity index (χ1v) is 7.57. The van der Waals surface area contributed by atoms with Gasteiger partial charge in [0.15, 0.2) is 0 Å². The van der Waals surface area contributed by atoms with Crippen LogP contribution in [0.15, 0.2) is 18.2 Å². The zero-order valence-corrected chi connectivity index (χ0v) is 12.5. The highest BCUT2D eigenvalue weighted by Gasteiger charge is 2.25. The largest absolute Gasteiger partial charge is 0.387 e. The summed E-state index contributed by atoms with van der Waals surface area (Å²) >= 11 is 0. The number of hydrogen-bond donors (Lipinski definition) is 1. The predicted octanol–water partition coefficient (Wildman–Crippen LogP) is 3.46. The maximum Gasteiger partial charge on any atom is 0.0919 e. The first-order chi connectivity index (χ1) is 9.10. The highest BCUT2D eigenvalue weighted by molar-refractivity contribution is 5.32. The van der Waals surface area contributed by atoms with E-state index in [1.54, 1.807) is 0 Å². The van der Waals surface area contributed by atoms with Gasteiger partial charge in [0.05, 0.1) is 6.10 Å². The van der Waals surface area contributed by atoms with Gasteiger partial charge in [-0.1, -0.05) is 30.7 Å². The molecule has 2 heteroatoms. The minimum absolute atomic E-state index is 0.356. The van der Waals surface area contributed by atoms with Crippen LogP contribution < -0.4 is 0 Å². The Morgan fingerprint density at radius 3 is 2.68 bits per heavy atom. The SMILES string of the molecule is CCCN(CC1CC1)CC(O)c1cc(C)ccc1C. The van der Waals surface area contributed by atoms with Crippen molar-refractivity contribution in [3.63, 3.8) is 0 Å². The Balaban J connectivity index is 2.00. The van der Waals surface area contributed by atoms with Crippen LogP contribution >= 0.6 is 0 Å². The molecule has 106 valence electrons. The Labute approximate surface area is 117 Å². The molecule has 1 N–H and O–H groups in total. The van der Waals surface area contributed by atoms with Crippen LogP contribution in [-0.2, 0) is 0 Å². The molecule has 0 aliphatic heterocycles. The molecule has 0 spiro atoms. The van der Waals surface area contributed by atoms with Gasteiger partial charge in [-0.3, -0.25) is 0 Å². The van der Waals surface area contributed by atoms with E-state index in [0.29, 0.717) is 0 Å². The van der Waals surface area contributed by atoms with Gasteiger partial charge >= 0.3 is 0 Å². The Hall–Kier alpha value is -0.860. The van der Waals surface area contributed by atoms with Gasteiger partial charge in [-0.15, -0.1) is 0 Å². The highest BCUT2D eigenvalue weighted by atomic mass is 16.3. The van der Waals surface area contributed by atoms with E-state index in [9.17, 15) is 5.11 Å². The second-order valence-corrected chi connectivity index (χ2v) is 6.08. The van der Waals surface area contributed by atoms with Gasteiger partial charge in [0.2, 0.25) is 0 Å². The number of benzene rings is 1. The lowest BCUT2D eigenvalue weighted by Crippen LogP contribution is -2.31. The monoisotopic (exact) mass is 261 g/mol. The molecular formula is C17H27NO. The third-order valence-electron chi connectivity index (χ3n) is 3.98. The molecule has 0 saturated heterocycles. The van der Waals surface area contributed by atoms with Gasteiger partial charge in [0, 0.05) is 13.1 Å². The zero-order valence-electron chi connectivity index (χ0n) is 12.5. The van der Waals surface area contributed by atoms with Crippen molar-refractivity contribution in [3.8, 4) is 0 Å². The third-order valence-corrected chi connectivity index (χ3v) is 3.98. The molecule has 2 nitrogen and oxygen atoms in total. The molecule has 1 aromatic rings. The maximum atomic E-state index is 10.5. The lowest BCUT2D eigenvalue weighted by Gasteiger charge is -2.25. The average Bonchev–Trinajstić information content (AvgIpc) is 3.16. The predicted molar refractivity (Wildman–Crippen MR) is 80.3 cm³/mol. The van der Waals surface area contributed by atoms with Gasteiger partial charge in [-0.2, -0.15) is 0 Å². The van der Waals surface area contributed by atoms with E-state index < -0.39 is 0 Å². The topological polar surface area (TPSA) is 23.5 Å². The van der Waals surface area contributed by atoms with Crippen molar-refractivity contribution in [3.05, 3.63) is 34.9 Å². The molecule has 1 aromatic carbocycles. The Morgan fingerprint density at radius 1 is 1.32 bits per heavy atom. The summed E-state index contributed by atoms with van der Waals surface area (Å²) in [6.45, 7) is 9.42. The first kappa shape index (κ1) is 14.5. The van der Waals surface area contributed by atoms with Gasteiger partial charge in [0.1, 0.15) is 0 Å². The summed E-state index contributed by atoms with van der Waals surface area (Å²) in [5.74, 6) is 0.886. The molecule has 1 atom stereocenters. The molecule has 2 rings (SSSR count). The lowest BCUT2D eigenvalue weighted by molar-refractivity contribution is 0.109. The minimum Gasteiger partial charge on any atom is -0.387 e. The van der Waals surface area contributed by atoms with E-state index in [0.717, 1.165) is 37.5 Å². The van der Waals surface area contributed by atoms with Crippen molar-refractivity contribution < 1.29 is 5.11 Å². The molecule has 0 radical (unpaired) electrons. The number of aliphatic hydroxyl groups excluding tert-OH is 1. The van der Waals surface area contributed by atoms with Crippen molar-refractivity contribution in [2.24, 2.45) is 5.92 Å². The molecule has 0 bridgehead atoms. The van der Waals surface area contributed by atoms with Crippen LogP contribution in [-0.4, -0.2) is 29.6 Å². The fraction of sp³-hybridized carbons (Fsp3) is 0.647. The molecule has 19 heavy (non-hydrogen) atoms. The average molecular weight is 261 g/mol. The van der Waals surface area contributed by atoms with Crippen LogP contribution in [0.4, 0.5) is 0 Å². The summed E-state index contributed by atoms with van der Waals surface area (Å²) in [6.07, 6.45) is 3.55. The van der Waals surface area contributed by atoms with Crippen molar-refractivity contribution in [1.29, 1.82) is 0 Å². The van der Waals surface area contributed by atoms with Crippen LogP contribution in [0.2, 0.25) is 0 Å². The highest BCUT2D eigenvalue weighted by Crippen LogP contribution is 2.30. The van der Waals surface area contributed by atoms with Gasteiger partial charge in [-0.25, -0.2) is 0 Å². The number of aryl methyl sites for hydroxylation is 2. The van der Waals surface area contributed by atoms with E-state index in [2.05, 4.69) is 43.9 Å². The summed E-state index contributed by atoms with van der Waals surface area (Å²) in [6, 6.07) is 6.35. The summed E-state index contributed by atoms with van der Waals surface area (Å²) in [5.41, 5.74) is 3.52. The Bertz CT molecular complexity index is 412. The number of nitrogens with zero attached hydrogens (tertiary/aromatic N) is 1. The molecule has 0 aromatic heterocycles. The van der Waals surface area contributed by atoms with Crippen molar-refractivity contribution in [2.45, 2.75) is 46.1 Å². The Kier molecular flexibility index (Phi) is 5.00. The molecule has 1 unspecified atom stereocenters. The lowest BCUT2D eigenvalue weighted by atomic mass is 10.0. The van der Waals surface area contributed by atoms with Gasteiger partial charge in [-0.05, 0) is 56.7 Å². The van der Waals surface area contributed by atoms with Crippen LogP contribution in [0.25, 0.3) is 0 Å². The van der Waals surface area contributed by atoms with E-state index >= 15 is 0 Å². The summed E-state index contributed by atoms with van der Waals surface area (Å²) in [5, 5.41) is 10.5. The van der Waals surface area contributed by atoms with E-state index in [1.165, 1.54) is 24.0 Å². The quantitative estimate of drug-likeness (QED) is 0.812. The molecule has 1 aliphatic rings. The van der Waals surface area contributed by atoms with Crippen molar-refractivity contribution >= 4 is 0 Å². The Morgan fingerprint density at radius 2 is 2.05 bits per heavy atom. The van der Waals surface area contributed by atoms with E-state index in [4.69, 9.17) is 0 Å². The van der Waals surface area contributed by atoms with Crippen LogP contribution in [0, 0.1) is 19.8 Å². The van der Waals surface area contributed by atoms with Crippen LogP contribution in [0.1, 0.15) is 49.0 Å². The molecule has 1 fully saturated rings. The second-order valence-electron chi connectivity index (χ2n) is 6.08. The van der Waals surface area contributed by atoms with E-state index in [-0.39, 0.29) is 6.10 Å². The van der Waals surface area contributed by atoms with E-state index in [1.807, 2.05) is 0 Å². The van der Waals surface area contributed by atoms with Crippen molar-refractivity contribution in [1.82, 2.24) is 4.90 Å². The van der Waals surface area contributed by atoms with Gasteiger partial charge in [0.25, 0.3) is 0 Å². The molecular weight excluding hydrogens is 234 g/mol. The summed E-state index contributed by atoms with van der Waals surface area (Å²) in [4.78, 5) is 2.43. The summed E-state index contributed by atoms with van der Waals surface area (Å²) < 4.78 is 0. The van der Waals surface area contributed by atoms with Crippen LogP contribution in [0.5, 0.6) is 0 Å². The summed E-state index contributed by atoms with van der Waals surface area (Å²) in [7, 11) is 0. The van der Waals surface area contributed by atoms with Gasteiger partial charge < -0.3 is 10.0 Å². The second kappa shape index (κ2) is 6.53. The zero-order chi connectivity index (χ0) is 13.8. The standard InChI is InChI=1S/C17H27NO/c1-4-9-18(11-15-7-8-15)12-17(19)16-10-13(2)5-6-14(16)3/h5-6,10,15,17,19H,4,7-9,11-12H2,1-3H3. The molecule has 0 amide bonds. The smallest absolute Gasteiger partial charge is 0.0919 e. The third kappa shape index (κ3) is 4.32. The fourth-order valence-corrected chi connectivity index (χ4v) is 2.70. The van der Waals surface area contributed by atoms with Crippen molar-refractivity contribution in [2.75, 3.05) is 19.6 Å². The maximum absolute atomic E-state index is 10.5. The number of hydrogen-bond acceptors (Lipinski definition) is 2. The minimum atomic E-state index is -0.356. The first-order valence-electron chi connectivity index (χ1n) is 7.57.